The van der Waals surface area contributed by atoms with Gasteiger partial charge in [-0.15, -0.1) is 0 Å². The molecule has 1 unspecified atom stereocenters. The van der Waals surface area contributed by atoms with Gasteiger partial charge in [-0.1, -0.05) is 12.1 Å². The average molecular weight is 183 g/mol. The molecule has 0 saturated carbocycles. The topological polar surface area (TPSA) is 63.3 Å². The molecule has 13 heavy (non-hydrogen) atoms. The second-order valence-electron chi connectivity index (χ2n) is 2.75. The van der Waals surface area contributed by atoms with Gasteiger partial charge < -0.3 is 10.8 Å². The summed E-state index contributed by atoms with van der Waals surface area (Å²) in [6.45, 7) is 0. The van der Waals surface area contributed by atoms with E-state index in [0.29, 0.717) is 11.3 Å². The average Bonchev–Trinajstić information content (AvgIpc) is 2.04. The third-order valence-corrected chi connectivity index (χ3v) is 1.63. The Labute approximate surface area is 75.0 Å². The van der Waals surface area contributed by atoms with E-state index in [1.807, 2.05) is 0 Å². The highest BCUT2D eigenvalue weighted by Crippen LogP contribution is 2.10. The number of hydrogen-bond donors (Lipinski definition) is 2. The highest BCUT2D eigenvalue weighted by atomic mass is 19.1. The molecule has 1 atom stereocenters. The first-order chi connectivity index (χ1) is 6.09. The Hall–Kier alpha value is -1.58. The number of hydrogen-bond acceptors (Lipinski definition) is 2. The normalized spacial score (nSPS) is 12.4. The maximum absolute atomic E-state index is 12.7. The van der Waals surface area contributed by atoms with Gasteiger partial charge in [0.1, 0.15) is 0 Å². The van der Waals surface area contributed by atoms with Gasteiger partial charge in [0, 0.05) is 12.1 Å². The molecule has 0 amide bonds. The number of carbonyl (C=O) groups is 1. The highest BCUT2D eigenvalue weighted by Gasteiger charge is 2.15. The van der Waals surface area contributed by atoms with Crippen molar-refractivity contribution in [3.05, 3.63) is 29.8 Å². The lowest BCUT2D eigenvalue weighted by molar-refractivity contribution is -0.142. The van der Waals surface area contributed by atoms with E-state index in [1.54, 1.807) is 24.3 Å². The number of alkyl halides is 1. The van der Waals surface area contributed by atoms with Crippen LogP contribution in [0.3, 0.4) is 0 Å². The lowest BCUT2D eigenvalue weighted by Gasteiger charge is -2.03. The molecule has 3 N–H and O–H groups in total. The number of nitrogen functional groups attached to an aromatic ring is 1. The van der Waals surface area contributed by atoms with Crippen LogP contribution in [0.4, 0.5) is 10.1 Å². The fourth-order valence-electron chi connectivity index (χ4n) is 1.01. The predicted molar refractivity (Wildman–Crippen MR) is 47.1 cm³/mol. The van der Waals surface area contributed by atoms with Crippen molar-refractivity contribution >= 4 is 11.7 Å². The summed E-state index contributed by atoms with van der Waals surface area (Å²) < 4.78 is 12.7. The zero-order valence-corrected chi connectivity index (χ0v) is 6.90. The van der Waals surface area contributed by atoms with Crippen molar-refractivity contribution < 1.29 is 14.3 Å². The second kappa shape index (κ2) is 3.89. The Kier molecular flexibility index (Phi) is 2.84. The molecule has 0 saturated heterocycles. The molecular weight excluding hydrogens is 173 g/mol. The lowest BCUT2D eigenvalue weighted by Crippen LogP contribution is -2.17. The molecule has 0 heterocycles. The molecule has 3 nitrogen and oxygen atoms in total. The standard InChI is InChI=1S/C9H10FNO2/c10-8(9(12)13)5-6-2-1-3-7(11)4-6/h1-4,8H,5,11H2,(H,12,13). The highest BCUT2D eigenvalue weighted by molar-refractivity contribution is 5.72. The van der Waals surface area contributed by atoms with Gasteiger partial charge >= 0.3 is 5.97 Å². The summed E-state index contributed by atoms with van der Waals surface area (Å²) in [5, 5.41) is 8.31. The quantitative estimate of drug-likeness (QED) is 0.693. The molecule has 1 rings (SSSR count). The molecular formula is C9H10FNO2. The van der Waals surface area contributed by atoms with Crippen LogP contribution in [-0.4, -0.2) is 17.2 Å². The monoisotopic (exact) mass is 183 g/mol. The first-order valence-electron chi connectivity index (χ1n) is 3.81. The molecule has 0 aliphatic carbocycles. The van der Waals surface area contributed by atoms with Gasteiger partial charge in [0.2, 0.25) is 6.17 Å². The van der Waals surface area contributed by atoms with E-state index < -0.39 is 12.1 Å². The van der Waals surface area contributed by atoms with E-state index in [9.17, 15) is 9.18 Å². The van der Waals surface area contributed by atoms with E-state index in [2.05, 4.69) is 0 Å². The zero-order chi connectivity index (χ0) is 9.84. The van der Waals surface area contributed by atoms with Crippen LogP contribution in [0.1, 0.15) is 5.56 Å². The number of carboxylic acid groups (broad SMARTS) is 1. The van der Waals surface area contributed by atoms with Crippen LogP contribution in [0.2, 0.25) is 0 Å². The Bertz CT molecular complexity index is 314. The molecule has 0 bridgehead atoms. The van der Waals surface area contributed by atoms with Crippen LogP contribution in [-0.2, 0) is 11.2 Å². The minimum absolute atomic E-state index is 0.139. The summed E-state index contributed by atoms with van der Waals surface area (Å²) in [5.74, 6) is -1.44. The van der Waals surface area contributed by atoms with E-state index >= 15 is 0 Å². The maximum Gasteiger partial charge on any atom is 0.338 e. The van der Waals surface area contributed by atoms with Crippen molar-refractivity contribution in [2.75, 3.05) is 5.73 Å². The molecule has 0 aliphatic rings. The van der Waals surface area contributed by atoms with Gasteiger partial charge in [0.25, 0.3) is 0 Å². The maximum atomic E-state index is 12.7. The molecule has 1 aromatic carbocycles. The fraction of sp³-hybridized carbons (Fsp3) is 0.222. The third kappa shape index (κ3) is 2.74. The SMILES string of the molecule is Nc1cccc(CC(F)C(=O)O)c1. The van der Waals surface area contributed by atoms with Gasteiger partial charge in [-0.3, -0.25) is 0 Å². The minimum atomic E-state index is -1.86. The molecule has 0 aliphatic heterocycles. The van der Waals surface area contributed by atoms with Crippen molar-refractivity contribution in [3.8, 4) is 0 Å². The van der Waals surface area contributed by atoms with Crippen molar-refractivity contribution in [2.24, 2.45) is 0 Å². The molecule has 1 aromatic rings. The van der Waals surface area contributed by atoms with Crippen LogP contribution in [0.5, 0.6) is 0 Å². The Balaban J connectivity index is 2.69. The van der Waals surface area contributed by atoms with Crippen molar-refractivity contribution in [1.29, 1.82) is 0 Å². The number of halogens is 1. The van der Waals surface area contributed by atoms with Gasteiger partial charge in [-0.05, 0) is 17.7 Å². The molecule has 0 fully saturated rings. The Morgan fingerprint density at radius 1 is 1.62 bits per heavy atom. The summed E-state index contributed by atoms with van der Waals surface area (Å²) in [6.07, 6.45) is -2.00. The van der Waals surface area contributed by atoms with E-state index in [1.165, 1.54) is 0 Å². The second-order valence-corrected chi connectivity index (χ2v) is 2.75. The van der Waals surface area contributed by atoms with Crippen LogP contribution in [0, 0.1) is 0 Å². The predicted octanol–water partition coefficient (Wildman–Crippen LogP) is 1.23. The van der Waals surface area contributed by atoms with Gasteiger partial charge in [0.15, 0.2) is 0 Å². The van der Waals surface area contributed by atoms with Crippen molar-refractivity contribution in [1.82, 2.24) is 0 Å². The summed E-state index contributed by atoms with van der Waals surface area (Å²) in [6, 6.07) is 6.54. The fourth-order valence-corrected chi connectivity index (χ4v) is 1.01. The number of aliphatic carboxylic acids is 1. The molecule has 0 aromatic heterocycles. The minimum Gasteiger partial charge on any atom is -0.479 e. The first-order valence-corrected chi connectivity index (χ1v) is 3.81. The molecule has 70 valence electrons. The number of carboxylic acids is 1. The molecule has 0 spiro atoms. The smallest absolute Gasteiger partial charge is 0.338 e. The van der Waals surface area contributed by atoms with Gasteiger partial charge in [-0.25, -0.2) is 9.18 Å². The molecule has 0 radical (unpaired) electrons. The zero-order valence-electron chi connectivity index (χ0n) is 6.90. The van der Waals surface area contributed by atoms with Gasteiger partial charge in [-0.2, -0.15) is 0 Å². The van der Waals surface area contributed by atoms with Crippen LogP contribution >= 0.6 is 0 Å². The Morgan fingerprint density at radius 3 is 2.85 bits per heavy atom. The number of rotatable bonds is 3. The van der Waals surface area contributed by atoms with Crippen molar-refractivity contribution in [3.63, 3.8) is 0 Å². The molecule has 4 heteroatoms. The largest absolute Gasteiger partial charge is 0.479 e. The number of benzene rings is 1. The Morgan fingerprint density at radius 2 is 2.31 bits per heavy atom. The van der Waals surface area contributed by atoms with Crippen LogP contribution in [0.15, 0.2) is 24.3 Å². The summed E-state index contributed by atoms with van der Waals surface area (Å²) in [7, 11) is 0. The third-order valence-electron chi connectivity index (χ3n) is 1.63. The van der Waals surface area contributed by atoms with E-state index in [-0.39, 0.29) is 6.42 Å². The summed E-state index contributed by atoms with van der Waals surface area (Å²) >= 11 is 0. The lowest BCUT2D eigenvalue weighted by atomic mass is 10.1. The van der Waals surface area contributed by atoms with Crippen LogP contribution < -0.4 is 5.73 Å². The van der Waals surface area contributed by atoms with Crippen LogP contribution in [0.25, 0.3) is 0 Å². The summed E-state index contributed by atoms with van der Waals surface area (Å²) in [4.78, 5) is 10.2. The number of anilines is 1. The first kappa shape index (κ1) is 9.51. The van der Waals surface area contributed by atoms with E-state index in [0.717, 1.165) is 0 Å². The van der Waals surface area contributed by atoms with Crippen molar-refractivity contribution in [2.45, 2.75) is 12.6 Å². The number of nitrogens with two attached hydrogens (primary N) is 1. The van der Waals surface area contributed by atoms with Gasteiger partial charge in [0.05, 0.1) is 0 Å². The van der Waals surface area contributed by atoms with E-state index in [4.69, 9.17) is 10.8 Å². The summed E-state index contributed by atoms with van der Waals surface area (Å²) in [5.41, 5.74) is 6.54.